The van der Waals surface area contributed by atoms with E-state index >= 15 is 0 Å². The number of aromatic nitrogens is 3. The van der Waals surface area contributed by atoms with E-state index in [-0.39, 0.29) is 12.7 Å². The predicted molar refractivity (Wildman–Crippen MR) is 89.7 cm³/mol. The Morgan fingerprint density at radius 3 is 2.72 bits per heavy atom. The summed E-state index contributed by atoms with van der Waals surface area (Å²) < 4.78 is 12.3. The standard InChI is InChI=1S/C18H16N4O3/c1-21(9-13-2-7-16-17(8-13)25-12-24-16)18(23)14-3-5-15(6-4-14)22-11-19-10-20-22/h2-8,10-11H,9,12H2,1H3. The zero-order chi connectivity index (χ0) is 17.2. The molecule has 7 nitrogen and oxygen atoms in total. The Morgan fingerprint density at radius 2 is 1.96 bits per heavy atom. The van der Waals surface area contributed by atoms with E-state index < -0.39 is 0 Å². The highest BCUT2D eigenvalue weighted by atomic mass is 16.7. The summed E-state index contributed by atoms with van der Waals surface area (Å²) >= 11 is 0. The van der Waals surface area contributed by atoms with E-state index in [0.717, 1.165) is 22.7 Å². The summed E-state index contributed by atoms with van der Waals surface area (Å²) in [6.45, 7) is 0.728. The van der Waals surface area contributed by atoms with Crippen LogP contribution in [0.25, 0.3) is 5.69 Å². The Kier molecular flexibility index (Phi) is 3.81. The Labute approximate surface area is 144 Å². The molecule has 0 unspecified atom stereocenters. The van der Waals surface area contributed by atoms with E-state index in [1.54, 1.807) is 35.1 Å². The monoisotopic (exact) mass is 336 g/mol. The van der Waals surface area contributed by atoms with Crippen molar-refractivity contribution in [1.82, 2.24) is 19.7 Å². The molecule has 0 bridgehead atoms. The normalized spacial score (nSPS) is 12.2. The van der Waals surface area contributed by atoms with Crippen LogP contribution < -0.4 is 9.47 Å². The van der Waals surface area contributed by atoms with Gasteiger partial charge in [-0.25, -0.2) is 9.67 Å². The Hall–Kier alpha value is -3.35. The SMILES string of the molecule is CN(Cc1ccc2c(c1)OCO2)C(=O)c1ccc(-n2cncn2)cc1. The van der Waals surface area contributed by atoms with Gasteiger partial charge < -0.3 is 14.4 Å². The molecule has 0 aliphatic carbocycles. The maximum absolute atomic E-state index is 12.6. The lowest BCUT2D eigenvalue weighted by Gasteiger charge is -2.17. The molecule has 2 heterocycles. The summed E-state index contributed by atoms with van der Waals surface area (Å²) in [5.41, 5.74) is 2.46. The van der Waals surface area contributed by atoms with Gasteiger partial charge in [-0.3, -0.25) is 4.79 Å². The molecule has 25 heavy (non-hydrogen) atoms. The minimum Gasteiger partial charge on any atom is -0.454 e. The fourth-order valence-electron chi connectivity index (χ4n) is 2.70. The minimum atomic E-state index is -0.0530. The van der Waals surface area contributed by atoms with Gasteiger partial charge >= 0.3 is 0 Å². The number of hydrogen-bond acceptors (Lipinski definition) is 5. The molecule has 1 amide bonds. The quantitative estimate of drug-likeness (QED) is 0.731. The number of benzene rings is 2. The van der Waals surface area contributed by atoms with E-state index in [2.05, 4.69) is 10.1 Å². The van der Waals surface area contributed by atoms with Gasteiger partial charge in [0.2, 0.25) is 6.79 Å². The minimum absolute atomic E-state index is 0.0530. The van der Waals surface area contributed by atoms with Gasteiger partial charge in [0.05, 0.1) is 5.69 Å². The highest BCUT2D eigenvalue weighted by Crippen LogP contribution is 2.32. The average molecular weight is 336 g/mol. The second-order valence-corrected chi connectivity index (χ2v) is 5.74. The summed E-state index contributed by atoms with van der Waals surface area (Å²) in [6, 6.07) is 13.0. The molecule has 7 heteroatoms. The van der Waals surface area contributed by atoms with Crippen molar-refractivity contribution in [2.24, 2.45) is 0 Å². The number of ether oxygens (including phenoxy) is 2. The topological polar surface area (TPSA) is 69.5 Å². The van der Waals surface area contributed by atoms with Gasteiger partial charge in [0.25, 0.3) is 5.91 Å². The highest BCUT2D eigenvalue weighted by molar-refractivity contribution is 5.94. The van der Waals surface area contributed by atoms with Crippen molar-refractivity contribution < 1.29 is 14.3 Å². The van der Waals surface area contributed by atoms with Crippen LogP contribution in [0.3, 0.4) is 0 Å². The van der Waals surface area contributed by atoms with Crippen LogP contribution in [0.4, 0.5) is 0 Å². The zero-order valence-corrected chi connectivity index (χ0v) is 13.6. The largest absolute Gasteiger partial charge is 0.454 e. The van der Waals surface area contributed by atoms with Crippen molar-refractivity contribution in [3.63, 3.8) is 0 Å². The second-order valence-electron chi connectivity index (χ2n) is 5.74. The van der Waals surface area contributed by atoms with Crippen molar-refractivity contribution in [3.05, 3.63) is 66.2 Å². The summed E-state index contributed by atoms with van der Waals surface area (Å²) in [5.74, 6) is 1.40. The van der Waals surface area contributed by atoms with Gasteiger partial charge in [0.1, 0.15) is 12.7 Å². The molecule has 1 aliphatic rings. The van der Waals surface area contributed by atoms with Gasteiger partial charge in [0.15, 0.2) is 11.5 Å². The maximum atomic E-state index is 12.6. The molecule has 0 atom stereocenters. The first-order valence-electron chi connectivity index (χ1n) is 7.80. The third-order valence-electron chi connectivity index (χ3n) is 4.00. The first kappa shape index (κ1) is 15.2. The van der Waals surface area contributed by atoms with E-state index in [9.17, 15) is 4.79 Å². The van der Waals surface area contributed by atoms with Crippen molar-refractivity contribution >= 4 is 5.91 Å². The molecular weight excluding hydrogens is 320 g/mol. The molecule has 0 saturated heterocycles. The van der Waals surface area contributed by atoms with Gasteiger partial charge in [-0.1, -0.05) is 6.07 Å². The Balaban J connectivity index is 1.46. The van der Waals surface area contributed by atoms with Crippen LogP contribution in [-0.4, -0.2) is 39.4 Å². The van der Waals surface area contributed by atoms with E-state index in [1.165, 1.54) is 6.33 Å². The fourth-order valence-corrected chi connectivity index (χ4v) is 2.70. The Morgan fingerprint density at radius 1 is 1.16 bits per heavy atom. The summed E-state index contributed by atoms with van der Waals surface area (Å²) in [4.78, 5) is 18.2. The van der Waals surface area contributed by atoms with Crippen molar-refractivity contribution in [3.8, 4) is 17.2 Å². The molecule has 0 saturated carbocycles. The third kappa shape index (κ3) is 3.03. The van der Waals surface area contributed by atoms with E-state index in [1.807, 2.05) is 30.3 Å². The highest BCUT2D eigenvalue weighted by Gasteiger charge is 2.16. The third-order valence-corrected chi connectivity index (χ3v) is 4.00. The lowest BCUT2D eigenvalue weighted by atomic mass is 10.1. The molecule has 3 aromatic rings. The molecule has 1 aliphatic heterocycles. The summed E-state index contributed by atoms with van der Waals surface area (Å²) in [6.07, 6.45) is 3.08. The molecule has 0 fully saturated rings. The van der Waals surface area contributed by atoms with Crippen LogP contribution >= 0.6 is 0 Å². The van der Waals surface area contributed by atoms with E-state index in [4.69, 9.17) is 9.47 Å². The number of rotatable bonds is 4. The van der Waals surface area contributed by atoms with Gasteiger partial charge in [-0.05, 0) is 42.0 Å². The molecular formula is C18H16N4O3. The maximum Gasteiger partial charge on any atom is 0.253 e. The Bertz CT molecular complexity index is 891. The van der Waals surface area contributed by atoms with E-state index in [0.29, 0.717) is 12.1 Å². The van der Waals surface area contributed by atoms with Crippen LogP contribution in [0.5, 0.6) is 11.5 Å². The smallest absolute Gasteiger partial charge is 0.253 e. The van der Waals surface area contributed by atoms with Gasteiger partial charge in [0, 0.05) is 19.2 Å². The molecule has 2 aromatic carbocycles. The lowest BCUT2D eigenvalue weighted by molar-refractivity contribution is 0.0785. The molecule has 1 aromatic heterocycles. The molecule has 0 radical (unpaired) electrons. The summed E-state index contributed by atoms with van der Waals surface area (Å²) in [5, 5.41) is 4.07. The second kappa shape index (κ2) is 6.27. The van der Waals surface area contributed by atoms with Crippen LogP contribution in [0.15, 0.2) is 55.1 Å². The predicted octanol–water partition coefficient (Wildman–Crippen LogP) is 2.27. The number of hydrogen-bond donors (Lipinski definition) is 0. The van der Waals surface area contributed by atoms with Crippen LogP contribution in [0.2, 0.25) is 0 Å². The first-order chi connectivity index (χ1) is 12.2. The number of amides is 1. The molecule has 0 N–H and O–H groups in total. The van der Waals surface area contributed by atoms with Crippen LogP contribution in [-0.2, 0) is 6.54 Å². The number of nitrogens with zero attached hydrogens (tertiary/aromatic N) is 4. The summed E-state index contributed by atoms with van der Waals surface area (Å²) in [7, 11) is 1.78. The molecule has 0 spiro atoms. The van der Waals surface area contributed by atoms with Crippen LogP contribution in [0.1, 0.15) is 15.9 Å². The first-order valence-corrected chi connectivity index (χ1v) is 7.80. The lowest BCUT2D eigenvalue weighted by Crippen LogP contribution is -2.26. The van der Waals surface area contributed by atoms with Crippen molar-refractivity contribution in [1.29, 1.82) is 0 Å². The van der Waals surface area contributed by atoms with Crippen molar-refractivity contribution in [2.45, 2.75) is 6.54 Å². The average Bonchev–Trinajstić information content (AvgIpc) is 3.32. The van der Waals surface area contributed by atoms with Crippen molar-refractivity contribution in [2.75, 3.05) is 13.8 Å². The number of carbonyl (C=O) groups excluding carboxylic acids is 1. The van der Waals surface area contributed by atoms with Gasteiger partial charge in [-0.2, -0.15) is 5.10 Å². The number of fused-ring (bicyclic) bond motifs is 1. The number of carbonyl (C=O) groups is 1. The molecule has 4 rings (SSSR count). The van der Waals surface area contributed by atoms with Crippen LogP contribution in [0, 0.1) is 0 Å². The van der Waals surface area contributed by atoms with Gasteiger partial charge in [-0.15, -0.1) is 0 Å². The fraction of sp³-hybridized carbons (Fsp3) is 0.167. The zero-order valence-electron chi connectivity index (χ0n) is 13.6. The molecule has 126 valence electrons.